The molecule has 15 heavy (non-hydrogen) atoms. The molecule has 0 radical (unpaired) electrons. The molecule has 2 nitrogen and oxygen atoms in total. The molecular formula is C12H16FNO. The highest BCUT2D eigenvalue weighted by atomic mass is 19.1. The molecule has 0 aliphatic carbocycles. The standard InChI is InChI=1S/C12H16FNO/c1-3-5-8(2)12(15)9-6-4-7-10(13)11(9)14/h4,6-8H,3,5,14H2,1-2H3. The molecule has 0 amide bonds. The van der Waals surface area contributed by atoms with Crippen molar-refractivity contribution in [3.8, 4) is 0 Å². The smallest absolute Gasteiger partial charge is 0.167 e. The number of nitrogen functional groups attached to an aromatic ring is 1. The Morgan fingerprint density at radius 1 is 1.53 bits per heavy atom. The van der Waals surface area contributed by atoms with Crippen LogP contribution >= 0.6 is 0 Å². The first-order valence-corrected chi connectivity index (χ1v) is 5.16. The third-order valence-corrected chi connectivity index (χ3v) is 2.49. The van der Waals surface area contributed by atoms with Gasteiger partial charge < -0.3 is 5.73 Å². The second kappa shape index (κ2) is 4.91. The number of hydrogen-bond acceptors (Lipinski definition) is 2. The van der Waals surface area contributed by atoms with Crippen LogP contribution in [-0.4, -0.2) is 5.78 Å². The number of rotatable bonds is 4. The number of hydrogen-bond donors (Lipinski definition) is 1. The highest BCUT2D eigenvalue weighted by molar-refractivity contribution is 6.02. The Labute approximate surface area is 89.3 Å². The molecule has 0 aromatic heterocycles. The van der Waals surface area contributed by atoms with Gasteiger partial charge in [-0.2, -0.15) is 0 Å². The van der Waals surface area contributed by atoms with E-state index in [4.69, 9.17) is 5.73 Å². The largest absolute Gasteiger partial charge is 0.396 e. The van der Waals surface area contributed by atoms with Gasteiger partial charge in [-0.3, -0.25) is 4.79 Å². The first-order chi connectivity index (χ1) is 7.07. The van der Waals surface area contributed by atoms with E-state index in [1.54, 1.807) is 6.07 Å². The van der Waals surface area contributed by atoms with E-state index in [-0.39, 0.29) is 17.4 Å². The molecular weight excluding hydrogens is 193 g/mol. The summed E-state index contributed by atoms with van der Waals surface area (Å²) in [5.74, 6) is -0.697. The molecule has 0 bridgehead atoms. The molecule has 1 aromatic carbocycles. The Hall–Kier alpha value is -1.38. The van der Waals surface area contributed by atoms with Gasteiger partial charge >= 0.3 is 0 Å². The van der Waals surface area contributed by atoms with Crippen molar-refractivity contribution in [2.75, 3.05) is 5.73 Å². The van der Waals surface area contributed by atoms with Gasteiger partial charge in [0.2, 0.25) is 0 Å². The number of carbonyl (C=O) groups is 1. The van der Waals surface area contributed by atoms with Gasteiger partial charge in [0.15, 0.2) is 5.78 Å². The lowest BCUT2D eigenvalue weighted by Gasteiger charge is -2.11. The molecule has 1 unspecified atom stereocenters. The molecule has 3 heteroatoms. The predicted octanol–water partition coefficient (Wildman–Crippen LogP) is 3.03. The average Bonchev–Trinajstić information content (AvgIpc) is 2.21. The van der Waals surface area contributed by atoms with E-state index in [9.17, 15) is 9.18 Å². The minimum absolute atomic E-state index is 0.0366. The van der Waals surface area contributed by atoms with Gasteiger partial charge in [-0.1, -0.05) is 26.3 Å². The molecule has 0 aliphatic rings. The maximum absolute atomic E-state index is 13.1. The number of para-hydroxylation sites is 1. The van der Waals surface area contributed by atoms with E-state index in [1.165, 1.54) is 12.1 Å². The molecule has 0 spiro atoms. The molecule has 0 fully saturated rings. The van der Waals surface area contributed by atoms with Crippen LogP contribution in [0.3, 0.4) is 0 Å². The van der Waals surface area contributed by atoms with Crippen LogP contribution in [0.2, 0.25) is 0 Å². The van der Waals surface area contributed by atoms with Crippen LogP contribution in [0.1, 0.15) is 37.0 Å². The van der Waals surface area contributed by atoms with Crippen molar-refractivity contribution in [2.24, 2.45) is 5.92 Å². The van der Waals surface area contributed by atoms with E-state index >= 15 is 0 Å². The van der Waals surface area contributed by atoms with Crippen LogP contribution in [0.4, 0.5) is 10.1 Å². The van der Waals surface area contributed by atoms with Gasteiger partial charge in [-0.15, -0.1) is 0 Å². The first kappa shape index (κ1) is 11.7. The maximum Gasteiger partial charge on any atom is 0.167 e. The summed E-state index contributed by atoms with van der Waals surface area (Å²) in [5, 5.41) is 0. The number of halogens is 1. The fourth-order valence-corrected chi connectivity index (χ4v) is 1.58. The van der Waals surface area contributed by atoms with Crippen molar-refractivity contribution in [1.29, 1.82) is 0 Å². The van der Waals surface area contributed by atoms with E-state index in [2.05, 4.69) is 0 Å². The van der Waals surface area contributed by atoms with Crippen molar-refractivity contribution >= 4 is 11.5 Å². The molecule has 1 atom stereocenters. The Morgan fingerprint density at radius 2 is 2.20 bits per heavy atom. The predicted molar refractivity (Wildman–Crippen MR) is 59.2 cm³/mol. The quantitative estimate of drug-likeness (QED) is 0.611. The summed E-state index contributed by atoms with van der Waals surface area (Å²) in [6.07, 6.45) is 1.73. The van der Waals surface area contributed by atoms with Gasteiger partial charge in [-0.25, -0.2) is 4.39 Å². The summed E-state index contributed by atoms with van der Waals surface area (Å²) in [6.45, 7) is 3.86. The monoisotopic (exact) mass is 209 g/mol. The molecule has 0 saturated carbocycles. The zero-order chi connectivity index (χ0) is 11.4. The Balaban J connectivity index is 2.96. The molecule has 82 valence electrons. The molecule has 0 heterocycles. The average molecular weight is 209 g/mol. The Bertz CT molecular complexity index is 363. The van der Waals surface area contributed by atoms with Crippen molar-refractivity contribution in [3.05, 3.63) is 29.6 Å². The van der Waals surface area contributed by atoms with Gasteiger partial charge in [0.1, 0.15) is 5.82 Å². The normalized spacial score (nSPS) is 12.5. The zero-order valence-electron chi connectivity index (χ0n) is 9.09. The maximum atomic E-state index is 13.1. The number of benzene rings is 1. The van der Waals surface area contributed by atoms with Gasteiger partial charge in [0.05, 0.1) is 5.69 Å². The van der Waals surface area contributed by atoms with E-state index in [0.29, 0.717) is 5.56 Å². The van der Waals surface area contributed by atoms with Gasteiger partial charge in [-0.05, 0) is 18.6 Å². The van der Waals surface area contributed by atoms with Crippen LogP contribution in [0.5, 0.6) is 0 Å². The Kier molecular flexibility index (Phi) is 3.83. The first-order valence-electron chi connectivity index (χ1n) is 5.16. The number of Topliss-reactive ketones (excluding diaryl/α,β-unsaturated/α-hetero) is 1. The summed E-state index contributed by atoms with van der Waals surface area (Å²) >= 11 is 0. The molecule has 1 aromatic rings. The fourth-order valence-electron chi connectivity index (χ4n) is 1.58. The van der Waals surface area contributed by atoms with Crippen LogP contribution in [0.25, 0.3) is 0 Å². The van der Waals surface area contributed by atoms with Gasteiger partial charge in [0, 0.05) is 11.5 Å². The summed E-state index contributed by atoms with van der Waals surface area (Å²) in [4.78, 5) is 11.9. The van der Waals surface area contributed by atoms with Crippen molar-refractivity contribution in [1.82, 2.24) is 0 Å². The summed E-state index contributed by atoms with van der Waals surface area (Å²) < 4.78 is 13.1. The fraction of sp³-hybridized carbons (Fsp3) is 0.417. The van der Waals surface area contributed by atoms with Crippen LogP contribution in [0, 0.1) is 11.7 Å². The van der Waals surface area contributed by atoms with Crippen molar-refractivity contribution < 1.29 is 9.18 Å². The highest BCUT2D eigenvalue weighted by Crippen LogP contribution is 2.21. The highest BCUT2D eigenvalue weighted by Gasteiger charge is 2.18. The van der Waals surface area contributed by atoms with Crippen LogP contribution < -0.4 is 5.73 Å². The van der Waals surface area contributed by atoms with E-state index < -0.39 is 5.82 Å². The SMILES string of the molecule is CCCC(C)C(=O)c1cccc(F)c1N. The summed E-state index contributed by atoms with van der Waals surface area (Å²) in [7, 11) is 0. The van der Waals surface area contributed by atoms with Crippen LogP contribution in [-0.2, 0) is 0 Å². The lowest BCUT2D eigenvalue weighted by atomic mass is 9.94. The second-order valence-corrected chi connectivity index (χ2v) is 3.76. The van der Waals surface area contributed by atoms with E-state index in [0.717, 1.165) is 12.8 Å². The van der Waals surface area contributed by atoms with Crippen molar-refractivity contribution in [3.63, 3.8) is 0 Å². The number of nitrogens with two attached hydrogens (primary N) is 1. The topological polar surface area (TPSA) is 43.1 Å². The second-order valence-electron chi connectivity index (χ2n) is 3.76. The van der Waals surface area contributed by atoms with E-state index in [1.807, 2.05) is 13.8 Å². The van der Waals surface area contributed by atoms with Crippen molar-refractivity contribution in [2.45, 2.75) is 26.7 Å². The zero-order valence-corrected chi connectivity index (χ0v) is 9.09. The molecule has 0 saturated heterocycles. The van der Waals surface area contributed by atoms with Gasteiger partial charge in [0.25, 0.3) is 0 Å². The lowest BCUT2D eigenvalue weighted by molar-refractivity contribution is 0.0924. The lowest BCUT2D eigenvalue weighted by Crippen LogP contribution is -2.13. The minimum atomic E-state index is -0.524. The van der Waals surface area contributed by atoms with Crippen LogP contribution in [0.15, 0.2) is 18.2 Å². The number of anilines is 1. The third-order valence-electron chi connectivity index (χ3n) is 2.49. The Morgan fingerprint density at radius 3 is 2.80 bits per heavy atom. The third kappa shape index (κ3) is 2.55. The summed E-state index contributed by atoms with van der Waals surface area (Å²) in [5.41, 5.74) is 5.79. The summed E-state index contributed by atoms with van der Waals surface area (Å²) in [6, 6.07) is 4.35. The molecule has 1 rings (SSSR count). The number of carbonyl (C=O) groups excluding carboxylic acids is 1. The minimum Gasteiger partial charge on any atom is -0.396 e. The molecule has 0 aliphatic heterocycles. The number of ketones is 1. The molecule has 2 N–H and O–H groups in total.